The van der Waals surface area contributed by atoms with Gasteiger partial charge in [0.2, 0.25) is 0 Å². The summed E-state index contributed by atoms with van der Waals surface area (Å²) >= 11 is 0. The Morgan fingerprint density at radius 1 is 0.261 bits per heavy atom. The van der Waals surface area contributed by atoms with E-state index < -0.39 is 206 Å². The summed E-state index contributed by atoms with van der Waals surface area (Å²) in [6.45, 7) is -5.83. The van der Waals surface area contributed by atoms with Crippen molar-refractivity contribution in [2.24, 2.45) is 0 Å². The summed E-state index contributed by atoms with van der Waals surface area (Å²) in [4.78, 5) is 44.0. The Morgan fingerprint density at radius 2 is 0.413 bits per heavy atom. The molecule has 536 valence electrons. The minimum atomic E-state index is -10.5. The second-order valence-corrected chi connectivity index (χ2v) is 16.7. The number of hydrogen-bond acceptors (Lipinski definition) is 14. The van der Waals surface area contributed by atoms with Gasteiger partial charge in [-0.2, -0.15) is 167 Å². The third-order valence-electron chi connectivity index (χ3n) is 10.3. The molecule has 0 aromatic rings. The molecule has 92 heavy (non-hydrogen) atoms. The van der Waals surface area contributed by atoms with Crippen molar-refractivity contribution in [1.82, 2.24) is 0 Å². The molecule has 0 radical (unpaired) electrons. The van der Waals surface area contributed by atoms with Crippen molar-refractivity contribution in [1.29, 1.82) is 0 Å². The Morgan fingerprint density at radius 3 is 0.576 bits per heavy atom. The molecule has 0 amide bonds. The fraction of sp³-hybridized carbons (Fsp3) is 0.684. The predicted molar refractivity (Wildman–Crippen MR) is 196 cm³/mol. The van der Waals surface area contributed by atoms with Crippen molar-refractivity contribution in [3.63, 3.8) is 0 Å². The van der Waals surface area contributed by atoms with Crippen LogP contribution in [-0.2, 0) is 66.5 Å². The van der Waals surface area contributed by atoms with Gasteiger partial charge in [0.25, 0.3) is 0 Å². The van der Waals surface area contributed by atoms with Crippen LogP contribution in [-0.4, -0.2) is 182 Å². The number of carbonyl (C=O) groups excluding carboxylic acids is 4. The van der Waals surface area contributed by atoms with E-state index in [1.165, 1.54) is 18.9 Å². The summed E-state index contributed by atoms with van der Waals surface area (Å²) in [5.41, 5.74) is -21.0. The van der Waals surface area contributed by atoms with E-state index in [1.807, 2.05) is 0 Å². The van der Waals surface area contributed by atoms with Crippen LogP contribution in [0.4, 0.5) is 176 Å². The number of carbonyl (C=O) groups is 4. The quantitative estimate of drug-likeness (QED) is 0.0259. The average Bonchev–Trinajstić information content (AvgIpc) is 0.643. The van der Waals surface area contributed by atoms with E-state index >= 15 is 105 Å². The highest BCUT2D eigenvalue weighted by Gasteiger charge is 3.09. The van der Waals surface area contributed by atoms with Crippen molar-refractivity contribution >= 4 is 23.9 Å². The molecule has 0 spiro atoms. The zero-order valence-electron chi connectivity index (χ0n) is 41.8. The molecule has 14 nitrogen and oxygen atoms in total. The lowest BCUT2D eigenvalue weighted by Gasteiger charge is -2.57. The molecule has 0 N–H and O–H groups in total. The fourth-order valence-corrected chi connectivity index (χ4v) is 5.49. The van der Waals surface area contributed by atoms with Crippen molar-refractivity contribution in [2.75, 3.05) is 26.4 Å². The van der Waals surface area contributed by atoms with Gasteiger partial charge in [-0.1, -0.05) is 26.3 Å². The normalized spacial score (nSPS) is 22.0. The van der Waals surface area contributed by atoms with E-state index in [-0.39, 0.29) is 0 Å². The molecule has 0 aromatic heterocycles. The smallest absolute Gasteiger partial charge is 0.428 e. The molecule has 54 heteroatoms. The monoisotopic (exact) mass is 1460 g/mol. The minimum absolute atomic E-state index is 0.391. The van der Waals surface area contributed by atoms with E-state index in [0.29, 0.717) is 0 Å². The summed E-state index contributed by atoms with van der Waals surface area (Å²) in [6, 6.07) is 0. The topological polar surface area (TPSA) is 161 Å². The lowest BCUT2D eigenvalue weighted by atomic mass is 9.65. The SMILES string of the molecule is C=CC(=O)OCC(F)(F)C(F)(F)OC(F)(F)C(F)(OC(F)(F)C(F)(F)COC(=O)C=C)C(F)(F)OC(F)(F)C1(F)C(F)(F)C(F)(F)C(F)(C(F)(F)OC(F)(F)C(F)(OC(F)(F)C(F)(F)COC(=O)C=C)C(F)(F)OC(F)(F)C(F)(F)COC(=O)C=C)C(F)(F)C1(F)F. The van der Waals surface area contributed by atoms with Crippen LogP contribution in [0.5, 0.6) is 0 Å². The predicted octanol–water partition coefficient (Wildman–Crippen LogP) is 12.8. The Balaban J connectivity index is 4.65. The minimum Gasteiger partial charge on any atom is -0.456 e. The molecule has 1 rings (SSSR count). The molecular weight excluding hydrogens is 1440 g/mol. The second-order valence-electron chi connectivity index (χ2n) is 16.7. The fourth-order valence-electron chi connectivity index (χ4n) is 5.49. The van der Waals surface area contributed by atoms with Crippen LogP contribution >= 0.6 is 0 Å². The number of ether oxygens (including phenoxy) is 10. The van der Waals surface area contributed by atoms with E-state index in [4.69, 9.17) is 0 Å². The first kappa shape index (κ1) is 83.8. The van der Waals surface area contributed by atoms with Gasteiger partial charge in [-0.05, 0) is 0 Å². The highest BCUT2D eigenvalue weighted by Crippen LogP contribution is 2.76. The largest absolute Gasteiger partial charge is 0.456 e. The summed E-state index contributed by atoms with van der Waals surface area (Å²) in [6.07, 6.45) is -93.2. The van der Waals surface area contributed by atoms with E-state index in [1.54, 1.807) is 0 Å². The molecule has 2 atom stereocenters. The van der Waals surface area contributed by atoms with Crippen LogP contribution in [0, 0.1) is 0 Å². The molecule has 1 aliphatic carbocycles. The Bertz CT molecular complexity index is 2560. The first-order valence-corrected chi connectivity index (χ1v) is 21.0. The maximum absolute atomic E-state index is 15.9. The van der Waals surface area contributed by atoms with Crippen LogP contribution < -0.4 is 0 Å². The first-order chi connectivity index (χ1) is 40.1. The maximum Gasteiger partial charge on any atom is 0.428 e. The van der Waals surface area contributed by atoms with E-state index in [0.717, 1.165) is 9.47 Å². The molecule has 0 bridgehead atoms. The standard InChI is InChI=1S/C38H20F40O14/c1-5-13(79)83-9-17(39,40)29(59,60)87-27(57,35(71,72)89-31(63,64)19(43,44)11-85-15(81)7-3)37(75,76)91-33(67,68)21(47)23(49,50)25(53,54)22(48,26(55,56)24(21,51)52)34(69,70)92-38(77,78)28(58,88-30(61,62)18(41,42)10-84-14(80)6-2)36(73,74)90-32(65,66)20(45,46)12-86-16(82)8-4/h5-8H,1-4,9-12H2. The highest BCUT2D eigenvalue weighted by molar-refractivity contribution is 5.82. The third kappa shape index (κ3) is 13.6. The van der Waals surface area contributed by atoms with E-state index in [2.05, 4.69) is 45.3 Å². The van der Waals surface area contributed by atoms with Gasteiger partial charge < -0.3 is 18.9 Å². The zero-order valence-corrected chi connectivity index (χ0v) is 41.8. The van der Waals surface area contributed by atoms with Crippen molar-refractivity contribution in [3.05, 3.63) is 50.6 Å². The molecule has 1 fully saturated rings. The average molecular weight is 1460 g/mol. The number of rotatable bonds is 34. The van der Waals surface area contributed by atoms with Gasteiger partial charge in [0.15, 0.2) is 26.4 Å². The summed E-state index contributed by atoms with van der Waals surface area (Å²) in [5, 5.41) is 0. The number of hydrogen-bond donors (Lipinski definition) is 0. The zero-order chi connectivity index (χ0) is 74.0. The molecule has 0 aromatic carbocycles. The molecule has 0 heterocycles. The summed E-state index contributed by atoms with van der Waals surface area (Å²) in [7, 11) is 0. The first-order valence-electron chi connectivity index (χ1n) is 21.0. The van der Waals surface area contributed by atoms with Crippen LogP contribution in [0.2, 0.25) is 0 Å². The van der Waals surface area contributed by atoms with E-state index in [9.17, 15) is 89.4 Å². The van der Waals surface area contributed by atoms with Gasteiger partial charge in [0.05, 0.1) is 0 Å². The Hall–Kier alpha value is -6.20. The summed E-state index contributed by atoms with van der Waals surface area (Å²) < 4.78 is 619. The molecule has 1 aliphatic rings. The van der Waals surface area contributed by atoms with Crippen LogP contribution in [0.15, 0.2) is 50.6 Å². The number of halogens is 40. The van der Waals surface area contributed by atoms with Gasteiger partial charge in [-0.25, -0.2) is 46.9 Å². The van der Waals surface area contributed by atoms with Crippen molar-refractivity contribution in [3.8, 4) is 0 Å². The van der Waals surface area contributed by atoms with Crippen LogP contribution in [0.1, 0.15) is 0 Å². The lowest BCUT2D eigenvalue weighted by Crippen LogP contribution is -2.91. The van der Waals surface area contributed by atoms with Crippen molar-refractivity contribution in [2.45, 2.75) is 132 Å². The molecule has 0 aliphatic heterocycles. The van der Waals surface area contributed by atoms with Gasteiger partial charge >= 0.3 is 155 Å². The molecule has 1 saturated carbocycles. The molecule has 0 saturated heterocycles. The summed E-state index contributed by atoms with van der Waals surface area (Å²) in [5.74, 6) is -100. The van der Waals surface area contributed by atoms with Crippen LogP contribution in [0.3, 0.4) is 0 Å². The molecule has 2 unspecified atom stereocenters. The Labute approximate surface area is 475 Å². The van der Waals surface area contributed by atoms with Gasteiger partial charge in [0, 0.05) is 24.3 Å². The third-order valence-corrected chi connectivity index (χ3v) is 10.3. The lowest BCUT2D eigenvalue weighted by molar-refractivity contribution is -0.602. The highest BCUT2D eigenvalue weighted by atomic mass is 19.4. The van der Waals surface area contributed by atoms with Crippen LogP contribution in [0.25, 0.3) is 0 Å². The van der Waals surface area contributed by atoms with Gasteiger partial charge in [-0.15, -0.1) is 0 Å². The van der Waals surface area contributed by atoms with Crippen molar-refractivity contribution < 1.29 is 242 Å². The maximum atomic E-state index is 15.9. The second kappa shape index (κ2) is 24.5. The Kier molecular flexibility index (Phi) is 22.3. The number of esters is 4. The molecular formula is C38H20F40O14. The van der Waals surface area contributed by atoms with Gasteiger partial charge in [0.1, 0.15) is 0 Å². The number of alkyl halides is 40. The van der Waals surface area contributed by atoms with Gasteiger partial charge in [-0.3, -0.25) is 9.47 Å².